The summed E-state index contributed by atoms with van der Waals surface area (Å²) in [5.41, 5.74) is 2.56. The molecule has 0 atom stereocenters. The number of hydrogen-bond donors (Lipinski definition) is 0. The van der Waals surface area contributed by atoms with E-state index in [1.807, 2.05) is 23.6 Å². The SMILES string of the molecule is CCc1cc2c(OCC(=O)OC)cccn2c1Cc1cccc(C(F)(F)F)c1. The summed E-state index contributed by atoms with van der Waals surface area (Å²) in [6.07, 6.45) is -1.48. The highest BCUT2D eigenvalue weighted by Crippen LogP contribution is 2.31. The van der Waals surface area contributed by atoms with Crippen LogP contribution in [-0.2, 0) is 28.5 Å². The Labute approximate surface area is 160 Å². The molecule has 4 nitrogen and oxygen atoms in total. The van der Waals surface area contributed by atoms with Crippen LogP contribution < -0.4 is 4.74 Å². The van der Waals surface area contributed by atoms with Crippen molar-refractivity contribution in [2.45, 2.75) is 25.9 Å². The lowest BCUT2D eigenvalue weighted by Gasteiger charge is -2.11. The van der Waals surface area contributed by atoms with Gasteiger partial charge in [0.15, 0.2) is 6.61 Å². The van der Waals surface area contributed by atoms with Gasteiger partial charge in [0.2, 0.25) is 0 Å². The van der Waals surface area contributed by atoms with Gasteiger partial charge in [0.05, 0.1) is 18.2 Å². The number of esters is 1. The first-order chi connectivity index (χ1) is 13.3. The van der Waals surface area contributed by atoms with Crippen LogP contribution in [0.25, 0.3) is 5.52 Å². The Bertz CT molecular complexity index is 992. The molecule has 3 aromatic rings. The quantitative estimate of drug-likeness (QED) is 0.574. The first-order valence-electron chi connectivity index (χ1n) is 8.81. The summed E-state index contributed by atoms with van der Waals surface area (Å²) < 4.78 is 51.1. The monoisotopic (exact) mass is 391 g/mol. The number of fused-ring (bicyclic) bond motifs is 1. The van der Waals surface area contributed by atoms with Crippen molar-refractivity contribution in [3.8, 4) is 5.75 Å². The molecule has 0 unspecified atom stereocenters. The molecule has 0 N–H and O–H groups in total. The fraction of sp³-hybridized carbons (Fsp3) is 0.286. The van der Waals surface area contributed by atoms with Gasteiger partial charge < -0.3 is 13.9 Å². The molecule has 0 spiro atoms. The highest BCUT2D eigenvalue weighted by Gasteiger charge is 2.30. The van der Waals surface area contributed by atoms with Crippen LogP contribution in [0.15, 0.2) is 48.7 Å². The Morgan fingerprint density at radius 2 is 1.93 bits per heavy atom. The van der Waals surface area contributed by atoms with Gasteiger partial charge in [-0.2, -0.15) is 13.2 Å². The normalized spacial score (nSPS) is 11.6. The smallest absolute Gasteiger partial charge is 0.416 e. The number of carbonyl (C=O) groups excluding carboxylic acids is 1. The summed E-state index contributed by atoms with van der Waals surface area (Å²) in [7, 11) is 1.28. The zero-order chi connectivity index (χ0) is 20.3. The molecule has 0 aliphatic rings. The second-order valence-corrected chi connectivity index (χ2v) is 6.34. The highest BCUT2D eigenvalue weighted by atomic mass is 19.4. The van der Waals surface area contributed by atoms with Crippen LogP contribution in [-0.4, -0.2) is 24.1 Å². The average molecular weight is 391 g/mol. The molecular weight excluding hydrogens is 371 g/mol. The van der Waals surface area contributed by atoms with Crippen LogP contribution in [0.2, 0.25) is 0 Å². The van der Waals surface area contributed by atoms with Gasteiger partial charge in [0.25, 0.3) is 0 Å². The second-order valence-electron chi connectivity index (χ2n) is 6.34. The van der Waals surface area contributed by atoms with Crippen molar-refractivity contribution >= 4 is 11.5 Å². The average Bonchev–Trinajstić information content (AvgIpc) is 3.03. The van der Waals surface area contributed by atoms with Crippen LogP contribution in [0.1, 0.15) is 29.3 Å². The molecule has 0 saturated carbocycles. The van der Waals surface area contributed by atoms with E-state index in [4.69, 9.17) is 4.74 Å². The highest BCUT2D eigenvalue weighted by molar-refractivity contribution is 5.72. The van der Waals surface area contributed by atoms with E-state index in [1.165, 1.54) is 19.2 Å². The van der Waals surface area contributed by atoms with E-state index in [9.17, 15) is 18.0 Å². The third-order valence-corrected chi connectivity index (χ3v) is 4.55. The minimum atomic E-state index is -4.38. The predicted molar refractivity (Wildman–Crippen MR) is 98.5 cm³/mol. The molecule has 2 heterocycles. The maximum atomic E-state index is 13.0. The van der Waals surface area contributed by atoms with Gasteiger partial charge in [-0.15, -0.1) is 0 Å². The molecule has 0 aliphatic heterocycles. The number of pyridine rings is 1. The van der Waals surface area contributed by atoms with Gasteiger partial charge in [0, 0.05) is 18.3 Å². The van der Waals surface area contributed by atoms with Gasteiger partial charge in [-0.3, -0.25) is 0 Å². The lowest BCUT2D eigenvalue weighted by atomic mass is 10.0. The first kappa shape index (κ1) is 19.8. The van der Waals surface area contributed by atoms with E-state index in [0.717, 1.165) is 22.8 Å². The minimum absolute atomic E-state index is 0.216. The van der Waals surface area contributed by atoms with Crippen molar-refractivity contribution in [2.24, 2.45) is 0 Å². The number of aromatic nitrogens is 1. The largest absolute Gasteiger partial charge is 0.480 e. The molecule has 2 aromatic heterocycles. The fourth-order valence-corrected chi connectivity index (χ4v) is 3.15. The number of benzene rings is 1. The maximum absolute atomic E-state index is 13.0. The number of rotatable bonds is 6. The number of hydrogen-bond acceptors (Lipinski definition) is 3. The van der Waals surface area contributed by atoms with E-state index in [0.29, 0.717) is 24.2 Å². The third kappa shape index (κ3) is 4.13. The first-order valence-corrected chi connectivity index (χ1v) is 8.81. The third-order valence-electron chi connectivity index (χ3n) is 4.55. The fourth-order valence-electron chi connectivity index (χ4n) is 3.15. The Kier molecular flexibility index (Phi) is 5.63. The number of ether oxygens (including phenoxy) is 2. The zero-order valence-corrected chi connectivity index (χ0v) is 15.5. The van der Waals surface area contributed by atoms with Crippen LogP contribution in [0, 0.1) is 0 Å². The summed E-state index contributed by atoms with van der Waals surface area (Å²) in [6.45, 7) is 1.77. The zero-order valence-electron chi connectivity index (χ0n) is 15.5. The lowest BCUT2D eigenvalue weighted by Crippen LogP contribution is -2.13. The van der Waals surface area contributed by atoms with Crippen molar-refractivity contribution in [3.05, 3.63) is 71.0 Å². The molecular formula is C21H20F3NO3. The van der Waals surface area contributed by atoms with E-state index in [2.05, 4.69) is 4.74 Å². The lowest BCUT2D eigenvalue weighted by molar-refractivity contribution is -0.143. The molecule has 0 saturated heterocycles. The summed E-state index contributed by atoms with van der Waals surface area (Å²) >= 11 is 0. The van der Waals surface area contributed by atoms with E-state index < -0.39 is 17.7 Å². The number of nitrogens with zero attached hydrogens (tertiary/aromatic N) is 1. The molecule has 3 rings (SSSR count). The van der Waals surface area contributed by atoms with E-state index >= 15 is 0 Å². The molecule has 0 amide bonds. The number of aryl methyl sites for hydroxylation is 1. The minimum Gasteiger partial charge on any atom is -0.480 e. The van der Waals surface area contributed by atoms with Crippen LogP contribution >= 0.6 is 0 Å². The number of methoxy groups -OCH3 is 1. The topological polar surface area (TPSA) is 39.9 Å². The molecule has 1 aromatic carbocycles. The molecule has 0 bridgehead atoms. The van der Waals surface area contributed by atoms with Gasteiger partial charge in [0.1, 0.15) is 5.75 Å². The van der Waals surface area contributed by atoms with Crippen molar-refractivity contribution in [1.82, 2.24) is 4.40 Å². The van der Waals surface area contributed by atoms with Crippen LogP contribution in [0.5, 0.6) is 5.75 Å². The number of alkyl halides is 3. The van der Waals surface area contributed by atoms with Crippen molar-refractivity contribution in [3.63, 3.8) is 0 Å². The van der Waals surface area contributed by atoms with E-state index in [-0.39, 0.29) is 6.61 Å². The second kappa shape index (κ2) is 7.96. The summed E-state index contributed by atoms with van der Waals surface area (Å²) in [5.74, 6) is 0.0198. The standard InChI is InChI=1S/C21H20F3NO3/c1-3-15-12-18-19(28-13-20(26)27-2)8-5-9-25(18)17(15)11-14-6-4-7-16(10-14)21(22,23)24/h4-10,12H,3,11,13H2,1-2H3. The van der Waals surface area contributed by atoms with Gasteiger partial charge in [-0.25, -0.2) is 4.79 Å². The van der Waals surface area contributed by atoms with Crippen molar-refractivity contribution < 1.29 is 27.4 Å². The molecule has 28 heavy (non-hydrogen) atoms. The Morgan fingerprint density at radius 3 is 2.61 bits per heavy atom. The molecule has 7 heteroatoms. The number of carbonyl (C=O) groups is 1. The Balaban J connectivity index is 1.98. The van der Waals surface area contributed by atoms with E-state index in [1.54, 1.807) is 18.2 Å². The summed E-state index contributed by atoms with van der Waals surface area (Å²) in [5, 5.41) is 0. The summed E-state index contributed by atoms with van der Waals surface area (Å²) in [4.78, 5) is 11.4. The van der Waals surface area contributed by atoms with Crippen molar-refractivity contribution in [2.75, 3.05) is 13.7 Å². The number of halogens is 3. The van der Waals surface area contributed by atoms with Crippen LogP contribution in [0.4, 0.5) is 13.2 Å². The summed E-state index contributed by atoms with van der Waals surface area (Å²) in [6, 6.07) is 10.8. The predicted octanol–water partition coefficient (Wildman–Crippen LogP) is 4.66. The van der Waals surface area contributed by atoms with Crippen molar-refractivity contribution in [1.29, 1.82) is 0 Å². The van der Waals surface area contributed by atoms with Gasteiger partial charge in [-0.05, 0) is 41.8 Å². The Hall–Kier alpha value is -2.96. The molecule has 0 radical (unpaired) electrons. The van der Waals surface area contributed by atoms with Crippen LogP contribution in [0.3, 0.4) is 0 Å². The maximum Gasteiger partial charge on any atom is 0.416 e. The van der Waals surface area contributed by atoms with Gasteiger partial charge in [-0.1, -0.05) is 25.1 Å². The molecule has 148 valence electrons. The van der Waals surface area contributed by atoms with Gasteiger partial charge >= 0.3 is 12.1 Å². The molecule has 0 aliphatic carbocycles. The molecule has 0 fully saturated rings. The Morgan fingerprint density at radius 1 is 1.14 bits per heavy atom.